The summed E-state index contributed by atoms with van der Waals surface area (Å²) in [5, 5.41) is 2.27. The lowest BCUT2D eigenvalue weighted by atomic mass is 9.95. The standard InChI is InChI=1S/C30H21NO/c1-3-9-21(10-4-1)19-22-17-18-31-27(20-22)25-16-15-24(23-11-5-2-6-12-23)29-26-13-7-8-14-28(26)32-30(25)29/h1-18,20H,19H2. The van der Waals surface area contributed by atoms with Gasteiger partial charge in [-0.2, -0.15) is 0 Å². The number of benzene rings is 4. The van der Waals surface area contributed by atoms with Gasteiger partial charge >= 0.3 is 0 Å². The van der Waals surface area contributed by atoms with Crippen LogP contribution in [0.2, 0.25) is 0 Å². The first-order valence-corrected chi connectivity index (χ1v) is 10.9. The van der Waals surface area contributed by atoms with Crippen molar-refractivity contribution in [1.29, 1.82) is 0 Å². The lowest BCUT2D eigenvalue weighted by Gasteiger charge is -2.09. The Morgan fingerprint density at radius 3 is 2.19 bits per heavy atom. The Morgan fingerprint density at radius 1 is 0.625 bits per heavy atom. The molecule has 0 fully saturated rings. The van der Waals surface area contributed by atoms with E-state index in [1.54, 1.807) is 0 Å². The van der Waals surface area contributed by atoms with Crippen LogP contribution in [0.4, 0.5) is 0 Å². The van der Waals surface area contributed by atoms with Crippen LogP contribution in [0, 0.1) is 0 Å². The SMILES string of the molecule is c1ccc(Cc2ccnc(-c3ccc(-c4ccccc4)c4c3oc3ccccc34)c2)cc1. The number of rotatable bonds is 4. The zero-order chi connectivity index (χ0) is 21.3. The molecule has 6 rings (SSSR count). The second-order valence-corrected chi connectivity index (χ2v) is 8.04. The Bertz CT molecular complexity index is 1530. The van der Waals surface area contributed by atoms with E-state index in [4.69, 9.17) is 9.40 Å². The minimum Gasteiger partial charge on any atom is -0.455 e. The van der Waals surface area contributed by atoms with Gasteiger partial charge in [0.1, 0.15) is 11.2 Å². The van der Waals surface area contributed by atoms with Crippen LogP contribution in [0.25, 0.3) is 44.3 Å². The predicted molar refractivity (Wildman–Crippen MR) is 132 cm³/mol. The Labute approximate surface area is 186 Å². The Kier molecular flexibility index (Phi) is 4.54. The molecule has 6 aromatic rings. The van der Waals surface area contributed by atoms with Crippen molar-refractivity contribution in [2.24, 2.45) is 0 Å². The van der Waals surface area contributed by atoms with E-state index in [0.29, 0.717) is 0 Å². The summed E-state index contributed by atoms with van der Waals surface area (Å²) >= 11 is 0. The molecule has 0 bridgehead atoms. The highest BCUT2D eigenvalue weighted by atomic mass is 16.3. The molecule has 2 nitrogen and oxygen atoms in total. The van der Waals surface area contributed by atoms with Crippen molar-refractivity contribution >= 4 is 21.9 Å². The van der Waals surface area contributed by atoms with Gasteiger partial charge in [-0.25, -0.2) is 0 Å². The molecular weight excluding hydrogens is 390 g/mol. The Balaban J connectivity index is 1.55. The molecule has 2 heterocycles. The number of para-hydroxylation sites is 1. The molecule has 152 valence electrons. The fourth-order valence-electron chi connectivity index (χ4n) is 4.45. The topological polar surface area (TPSA) is 26.0 Å². The number of hydrogen-bond acceptors (Lipinski definition) is 2. The normalized spacial score (nSPS) is 11.2. The van der Waals surface area contributed by atoms with Crippen molar-refractivity contribution in [3.63, 3.8) is 0 Å². The first kappa shape index (κ1) is 18.6. The van der Waals surface area contributed by atoms with Crippen molar-refractivity contribution in [3.05, 3.63) is 127 Å². The van der Waals surface area contributed by atoms with Gasteiger partial charge in [0.2, 0.25) is 0 Å². The van der Waals surface area contributed by atoms with Crippen LogP contribution in [0.3, 0.4) is 0 Å². The largest absolute Gasteiger partial charge is 0.455 e. The highest BCUT2D eigenvalue weighted by Crippen LogP contribution is 2.41. The third-order valence-electron chi connectivity index (χ3n) is 5.96. The van der Waals surface area contributed by atoms with E-state index >= 15 is 0 Å². The van der Waals surface area contributed by atoms with E-state index in [1.807, 2.05) is 30.5 Å². The molecule has 32 heavy (non-hydrogen) atoms. The monoisotopic (exact) mass is 411 g/mol. The minimum atomic E-state index is 0.877. The van der Waals surface area contributed by atoms with Crippen LogP contribution in [-0.2, 0) is 6.42 Å². The molecule has 2 aromatic heterocycles. The van der Waals surface area contributed by atoms with Crippen molar-refractivity contribution in [1.82, 2.24) is 4.98 Å². The highest BCUT2D eigenvalue weighted by molar-refractivity contribution is 6.16. The van der Waals surface area contributed by atoms with Gasteiger partial charge in [-0.05, 0) is 52.9 Å². The first-order chi connectivity index (χ1) is 15.9. The maximum atomic E-state index is 6.42. The molecule has 2 heteroatoms. The number of furan rings is 1. The molecule has 0 aliphatic carbocycles. The summed E-state index contributed by atoms with van der Waals surface area (Å²) in [5.74, 6) is 0. The van der Waals surface area contributed by atoms with Crippen LogP contribution in [0.1, 0.15) is 11.1 Å². The maximum Gasteiger partial charge on any atom is 0.145 e. The fraction of sp³-hybridized carbons (Fsp3) is 0.0333. The molecule has 0 radical (unpaired) electrons. The van der Waals surface area contributed by atoms with E-state index in [0.717, 1.165) is 39.6 Å². The fourth-order valence-corrected chi connectivity index (χ4v) is 4.45. The molecule has 0 saturated heterocycles. The van der Waals surface area contributed by atoms with Gasteiger partial charge in [0.15, 0.2) is 0 Å². The predicted octanol–water partition coefficient (Wildman–Crippen LogP) is 7.91. The molecule has 0 N–H and O–H groups in total. The number of fused-ring (bicyclic) bond motifs is 3. The zero-order valence-electron chi connectivity index (χ0n) is 17.5. The van der Waals surface area contributed by atoms with Gasteiger partial charge in [0.05, 0.1) is 5.69 Å². The molecule has 0 aliphatic rings. The maximum absolute atomic E-state index is 6.42. The summed E-state index contributed by atoms with van der Waals surface area (Å²) in [4.78, 5) is 4.71. The van der Waals surface area contributed by atoms with Crippen LogP contribution >= 0.6 is 0 Å². The summed E-state index contributed by atoms with van der Waals surface area (Å²) in [6, 6.07) is 37.9. The third-order valence-corrected chi connectivity index (χ3v) is 5.96. The summed E-state index contributed by atoms with van der Waals surface area (Å²) in [6.45, 7) is 0. The van der Waals surface area contributed by atoms with Gasteiger partial charge in [-0.15, -0.1) is 0 Å². The van der Waals surface area contributed by atoms with Crippen molar-refractivity contribution < 1.29 is 4.42 Å². The number of aromatic nitrogens is 1. The number of nitrogens with zero attached hydrogens (tertiary/aromatic N) is 1. The lowest BCUT2D eigenvalue weighted by molar-refractivity contribution is 0.670. The van der Waals surface area contributed by atoms with E-state index in [-0.39, 0.29) is 0 Å². The summed E-state index contributed by atoms with van der Waals surface area (Å²) in [6.07, 6.45) is 2.77. The molecule has 0 atom stereocenters. The minimum absolute atomic E-state index is 0.877. The molecule has 0 unspecified atom stereocenters. The zero-order valence-corrected chi connectivity index (χ0v) is 17.5. The third kappa shape index (κ3) is 3.27. The summed E-state index contributed by atoms with van der Waals surface area (Å²) in [7, 11) is 0. The van der Waals surface area contributed by atoms with E-state index in [1.165, 1.54) is 22.3 Å². The van der Waals surface area contributed by atoms with Gasteiger partial charge in [-0.1, -0.05) is 84.9 Å². The van der Waals surface area contributed by atoms with Crippen molar-refractivity contribution in [2.45, 2.75) is 6.42 Å². The quantitative estimate of drug-likeness (QED) is 0.295. The second-order valence-electron chi connectivity index (χ2n) is 8.04. The summed E-state index contributed by atoms with van der Waals surface area (Å²) < 4.78 is 6.42. The lowest BCUT2D eigenvalue weighted by Crippen LogP contribution is -1.92. The molecule has 4 aromatic carbocycles. The Hall–Kier alpha value is -4.17. The van der Waals surface area contributed by atoms with Crippen LogP contribution in [0.5, 0.6) is 0 Å². The summed E-state index contributed by atoms with van der Waals surface area (Å²) in [5.41, 5.74) is 8.61. The van der Waals surface area contributed by atoms with E-state index in [9.17, 15) is 0 Å². The molecule has 0 amide bonds. The van der Waals surface area contributed by atoms with Crippen molar-refractivity contribution in [3.8, 4) is 22.4 Å². The average Bonchev–Trinajstić information content (AvgIpc) is 3.25. The Morgan fingerprint density at radius 2 is 1.34 bits per heavy atom. The molecular formula is C30H21NO. The van der Waals surface area contributed by atoms with Crippen LogP contribution in [0.15, 0.2) is 120 Å². The van der Waals surface area contributed by atoms with Crippen LogP contribution in [-0.4, -0.2) is 4.98 Å². The number of pyridine rings is 1. The first-order valence-electron chi connectivity index (χ1n) is 10.9. The van der Waals surface area contributed by atoms with E-state index in [2.05, 4.69) is 84.9 Å². The second kappa shape index (κ2) is 7.82. The van der Waals surface area contributed by atoms with Crippen molar-refractivity contribution in [2.75, 3.05) is 0 Å². The van der Waals surface area contributed by atoms with Gasteiger partial charge in [-0.3, -0.25) is 4.98 Å². The van der Waals surface area contributed by atoms with E-state index < -0.39 is 0 Å². The highest BCUT2D eigenvalue weighted by Gasteiger charge is 2.17. The average molecular weight is 412 g/mol. The smallest absolute Gasteiger partial charge is 0.145 e. The molecule has 0 saturated carbocycles. The molecule has 0 spiro atoms. The van der Waals surface area contributed by atoms with Gasteiger partial charge < -0.3 is 4.42 Å². The molecule has 0 aliphatic heterocycles. The van der Waals surface area contributed by atoms with Gasteiger partial charge in [0.25, 0.3) is 0 Å². The van der Waals surface area contributed by atoms with Crippen LogP contribution < -0.4 is 0 Å². The van der Waals surface area contributed by atoms with Gasteiger partial charge in [0, 0.05) is 22.5 Å². The number of hydrogen-bond donors (Lipinski definition) is 0.